The first kappa shape index (κ1) is 19.4. The zero-order chi connectivity index (χ0) is 19.3. The van der Waals surface area contributed by atoms with E-state index in [0.29, 0.717) is 5.56 Å². The van der Waals surface area contributed by atoms with E-state index in [0.717, 1.165) is 11.1 Å². The molecule has 0 unspecified atom stereocenters. The van der Waals surface area contributed by atoms with Gasteiger partial charge in [-0.05, 0) is 51.0 Å². The van der Waals surface area contributed by atoms with Crippen molar-refractivity contribution in [2.24, 2.45) is 0 Å². The fourth-order valence-corrected chi connectivity index (χ4v) is 2.50. The fraction of sp³-hybridized carbons (Fsp3) is 0.350. The van der Waals surface area contributed by atoms with E-state index in [1.54, 1.807) is 19.9 Å². The van der Waals surface area contributed by atoms with Gasteiger partial charge in [-0.15, -0.1) is 0 Å². The predicted molar refractivity (Wildman–Crippen MR) is 96.6 cm³/mol. The minimum atomic E-state index is -0.587. The van der Waals surface area contributed by atoms with Crippen LogP contribution >= 0.6 is 0 Å². The van der Waals surface area contributed by atoms with Gasteiger partial charge in [0.1, 0.15) is 5.69 Å². The molecule has 1 aromatic carbocycles. The summed E-state index contributed by atoms with van der Waals surface area (Å²) < 4.78 is 11.4. The summed E-state index contributed by atoms with van der Waals surface area (Å²) in [6.07, 6.45) is 1.45. The summed E-state index contributed by atoms with van der Waals surface area (Å²) in [5.41, 5.74) is 3.02. The molecule has 138 valence electrons. The van der Waals surface area contributed by atoms with Gasteiger partial charge in [-0.3, -0.25) is 4.79 Å². The lowest BCUT2D eigenvalue weighted by atomic mass is 10.0. The molecule has 0 amide bonds. The van der Waals surface area contributed by atoms with Crippen molar-refractivity contribution in [2.45, 2.75) is 34.2 Å². The van der Waals surface area contributed by atoms with Crippen LogP contribution in [0.1, 0.15) is 56.2 Å². The van der Waals surface area contributed by atoms with E-state index in [1.165, 1.54) is 16.8 Å². The van der Waals surface area contributed by atoms with Crippen molar-refractivity contribution in [1.82, 2.24) is 4.57 Å². The molecule has 0 fully saturated rings. The average molecular weight is 357 g/mol. The quantitative estimate of drug-likeness (QED) is 0.561. The van der Waals surface area contributed by atoms with Crippen molar-refractivity contribution in [3.05, 3.63) is 58.4 Å². The van der Waals surface area contributed by atoms with Crippen LogP contribution < -0.4 is 0 Å². The van der Waals surface area contributed by atoms with Gasteiger partial charge in [-0.1, -0.05) is 12.1 Å². The third-order valence-electron chi connectivity index (χ3n) is 4.04. The average Bonchev–Trinajstić information content (AvgIpc) is 3.01. The Kier molecular flexibility index (Phi) is 6.33. The van der Waals surface area contributed by atoms with Gasteiger partial charge in [0.25, 0.3) is 0 Å². The summed E-state index contributed by atoms with van der Waals surface area (Å²) in [5, 5.41) is 0. The standard InChI is InChI=1S/C20H23NO5/c1-5-25-19(23)16-10-17(20(24)26-6-2)21(11-16)12-18(22)15-8-7-13(3)14(4)9-15/h7-11H,5-6,12H2,1-4H3. The molecular formula is C20H23NO5. The Hall–Kier alpha value is -2.89. The van der Waals surface area contributed by atoms with Gasteiger partial charge < -0.3 is 14.0 Å². The Morgan fingerprint density at radius 3 is 2.15 bits per heavy atom. The zero-order valence-corrected chi connectivity index (χ0v) is 15.5. The highest BCUT2D eigenvalue weighted by molar-refractivity contribution is 5.98. The van der Waals surface area contributed by atoms with E-state index < -0.39 is 11.9 Å². The first-order valence-electron chi connectivity index (χ1n) is 8.52. The number of Topliss-reactive ketones (excluding diaryl/α,β-unsaturated/α-hetero) is 1. The molecular weight excluding hydrogens is 334 g/mol. The monoisotopic (exact) mass is 357 g/mol. The van der Waals surface area contributed by atoms with Crippen molar-refractivity contribution >= 4 is 17.7 Å². The van der Waals surface area contributed by atoms with Crippen molar-refractivity contribution < 1.29 is 23.9 Å². The minimum absolute atomic E-state index is 0.0734. The molecule has 6 heteroatoms. The Morgan fingerprint density at radius 1 is 0.885 bits per heavy atom. The lowest BCUT2D eigenvalue weighted by molar-refractivity contribution is 0.0512. The van der Waals surface area contributed by atoms with E-state index in [-0.39, 0.29) is 36.8 Å². The first-order valence-corrected chi connectivity index (χ1v) is 8.52. The molecule has 2 rings (SSSR count). The third-order valence-corrected chi connectivity index (χ3v) is 4.04. The van der Waals surface area contributed by atoms with E-state index in [4.69, 9.17) is 9.47 Å². The van der Waals surface area contributed by atoms with Crippen LogP contribution in [0.5, 0.6) is 0 Å². The van der Waals surface area contributed by atoms with Crippen LogP contribution in [0, 0.1) is 13.8 Å². The lowest BCUT2D eigenvalue weighted by Crippen LogP contribution is -2.16. The highest BCUT2D eigenvalue weighted by atomic mass is 16.5. The molecule has 0 spiro atoms. The number of ketones is 1. The number of hydrogen-bond acceptors (Lipinski definition) is 5. The summed E-state index contributed by atoms with van der Waals surface area (Å²) in [6.45, 7) is 7.65. The molecule has 0 N–H and O–H groups in total. The topological polar surface area (TPSA) is 74.6 Å². The molecule has 6 nitrogen and oxygen atoms in total. The lowest BCUT2D eigenvalue weighted by Gasteiger charge is -2.09. The molecule has 0 aliphatic heterocycles. The van der Waals surface area contributed by atoms with Crippen LogP contribution in [0.2, 0.25) is 0 Å². The van der Waals surface area contributed by atoms with Gasteiger partial charge >= 0.3 is 11.9 Å². The van der Waals surface area contributed by atoms with E-state index in [9.17, 15) is 14.4 Å². The molecule has 0 atom stereocenters. The van der Waals surface area contributed by atoms with Crippen molar-refractivity contribution in [3.63, 3.8) is 0 Å². The number of aromatic nitrogens is 1. The number of carbonyl (C=O) groups excluding carboxylic acids is 3. The van der Waals surface area contributed by atoms with Crippen LogP contribution in [0.3, 0.4) is 0 Å². The van der Waals surface area contributed by atoms with Crippen LogP contribution in [0.15, 0.2) is 30.5 Å². The third kappa shape index (κ3) is 4.39. The predicted octanol–water partition coefficient (Wildman–Crippen LogP) is 3.34. The maximum atomic E-state index is 12.6. The highest BCUT2D eigenvalue weighted by Crippen LogP contribution is 2.15. The summed E-state index contributed by atoms with van der Waals surface area (Å²) in [6, 6.07) is 6.85. The molecule has 0 aliphatic carbocycles. The Labute approximate surface area is 152 Å². The number of benzene rings is 1. The second kappa shape index (κ2) is 8.47. The van der Waals surface area contributed by atoms with Gasteiger partial charge in [-0.25, -0.2) is 9.59 Å². The maximum Gasteiger partial charge on any atom is 0.354 e. The highest BCUT2D eigenvalue weighted by Gasteiger charge is 2.21. The number of nitrogens with zero attached hydrogens (tertiary/aromatic N) is 1. The number of ether oxygens (including phenoxy) is 2. The van der Waals surface area contributed by atoms with Crippen LogP contribution in [-0.2, 0) is 16.0 Å². The van der Waals surface area contributed by atoms with Crippen LogP contribution in [-0.4, -0.2) is 35.5 Å². The Morgan fingerprint density at radius 2 is 1.54 bits per heavy atom. The normalized spacial score (nSPS) is 10.5. The number of carbonyl (C=O) groups is 3. The van der Waals surface area contributed by atoms with Gasteiger partial charge in [0.05, 0.1) is 25.3 Å². The number of rotatable bonds is 7. The van der Waals surface area contributed by atoms with Crippen molar-refractivity contribution in [1.29, 1.82) is 0 Å². The summed E-state index contributed by atoms with van der Waals surface area (Å²) in [5.74, 6) is -1.30. The number of aryl methyl sites for hydroxylation is 2. The molecule has 0 bridgehead atoms. The summed E-state index contributed by atoms with van der Waals surface area (Å²) >= 11 is 0. The van der Waals surface area contributed by atoms with Gasteiger partial charge in [0.15, 0.2) is 5.78 Å². The van der Waals surface area contributed by atoms with Crippen LogP contribution in [0.4, 0.5) is 0 Å². The summed E-state index contributed by atoms with van der Waals surface area (Å²) in [4.78, 5) is 36.8. The van der Waals surface area contributed by atoms with E-state index in [1.807, 2.05) is 26.0 Å². The van der Waals surface area contributed by atoms with E-state index in [2.05, 4.69) is 0 Å². The second-order valence-electron chi connectivity index (χ2n) is 5.91. The molecule has 2 aromatic rings. The molecule has 0 saturated carbocycles. The molecule has 0 radical (unpaired) electrons. The zero-order valence-electron chi connectivity index (χ0n) is 15.5. The smallest absolute Gasteiger partial charge is 0.354 e. The molecule has 1 heterocycles. The molecule has 1 aromatic heterocycles. The first-order chi connectivity index (χ1) is 12.4. The summed E-state index contributed by atoms with van der Waals surface area (Å²) in [7, 11) is 0. The maximum absolute atomic E-state index is 12.6. The minimum Gasteiger partial charge on any atom is -0.462 e. The Balaban J connectivity index is 2.33. The van der Waals surface area contributed by atoms with Gasteiger partial charge in [0.2, 0.25) is 0 Å². The SMILES string of the molecule is CCOC(=O)c1cc(C(=O)OCC)n(CC(=O)c2ccc(C)c(C)c2)c1. The van der Waals surface area contributed by atoms with E-state index >= 15 is 0 Å². The Bertz CT molecular complexity index is 835. The van der Waals surface area contributed by atoms with Crippen molar-refractivity contribution in [3.8, 4) is 0 Å². The largest absolute Gasteiger partial charge is 0.462 e. The van der Waals surface area contributed by atoms with Crippen molar-refractivity contribution in [2.75, 3.05) is 13.2 Å². The second-order valence-corrected chi connectivity index (χ2v) is 5.91. The van der Waals surface area contributed by atoms with Gasteiger partial charge in [0, 0.05) is 11.8 Å². The molecule has 0 aliphatic rings. The number of esters is 2. The molecule has 26 heavy (non-hydrogen) atoms. The fourth-order valence-electron chi connectivity index (χ4n) is 2.50. The number of hydrogen-bond donors (Lipinski definition) is 0. The van der Waals surface area contributed by atoms with Gasteiger partial charge in [-0.2, -0.15) is 0 Å². The molecule has 0 saturated heterocycles. The van der Waals surface area contributed by atoms with Crippen LogP contribution in [0.25, 0.3) is 0 Å².